The molecule has 0 aromatic carbocycles. The predicted octanol–water partition coefficient (Wildman–Crippen LogP) is 1.66. The molecule has 1 N–H and O–H groups in total. The number of aromatic nitrogens is 2. The first-order valence-electron chi connectivity index (χ1n) is 5.93. The molecule has 0 unspecified atom stereocenters. The molecule has 1 aromatic heterocycles. The summed E-state index contributed by atoms with van der Waals surface area (Å²) < 4.78 is 1.42. The monoisotopic (exact) mass is 222 g/mol. The first-order chi connectivity index (χ1) is 7.61. The van der Waals surface area contributed by atoms with E-state index in [2.05, 4.69) is 4.98 Å². The van der Waals surface area contributed by atoms with E-state index in [0.29, 0.717) is 11.3 Å². The molecule has 1 heterocycles. The zero-order valence-corrected chi connectivity index (χ0v) is 9.88. The second-order valence-electron chi connectivity index (χ2n) is 4.65. The Hall–Kier alpha value is -1.32. The Morgan fingerprint density at radius 1 is 1.12 bits per heavy atom. The molecule has 0 radical (unpaired) electrons. The molecule has 1 aliphatic carbocycles. The molecule has 88 valence electrons. The molecule has 0 saturated heterocycles. The fourth-order valence-corrected chi connectivity index (χ4v) is 2.42. The second-order valence-corrected chi connectivity index (χ2v) is 4.65. The average molecular weight is 222 g/mol. The van der Waals surface area contributed by atoms with Crippen LogP contribution in [0.25, 0.3) is 0 Å². The number of rotatable bonds is 1. The van der Waals surface area contributed by atoms with Crippen LogP contribution in [-0.2, 0) is 0 Å². The van der Waals surface area contributed by atoms with Crippen LogP contribution in [0.5, 0.6) is 0 Å². The number of H-pyrrole nitrogens is 1. The fourth-order valence-electron chi connectivity index (χ4n) is 2.42. The van der Waals surface area contributed by atoms with E-state index in [1.165, 1.54) is 11.0 Å². The molecule has 4 heteroatoms. The van der Waals surface area contributed by atoms with E-state index in [1.54, 1.807) is 13.8 Å². The highest BCUT2D eigenvalue weighted by atomic mass is 16.2. The summed E-state index contributed by atoms with van der Waals surface area (Å²) in [6, 6.07) is 0.101. The van der Waals surface area contributed by atoms with E-state index < -0.39 is 0 Å². The van der Waals surface area contributed by atoms with Crippen LogP contribution < -0.4 is 11.2 Å². The van der Waals surface area contributed by atoms with E-state index in [-0.39, 0.29) is 17.3 Å². The number of nitrogens with zero attached hydrogens (tertiary/aromatic N) is 1. The third-order valence-corrected chi connectivity index (χ3v) is 3.56. The van der Waals surface area contributed by atoms with Gasteiger partial charge in [-0.05, 0) is 26.7 Å². The zero-order valence-electron chi connectivity index (χ0n) is 9.88. The molecule has 0 amide bonds. The Labute approximate surface area is 94.3 Å². The zero-order chi connectivity index (χ0) is 11.7. The number of hydrogen-bond donors (Lipinski definition) is 1. The highest BCUT2D eigenvalue weighted by Crippen LogP contribution is 2.25. The number of aryl methyl sites for hydroxylation is 1. The molecule has 0 bridgehead atoms. The van der Waals surface area contributed by atoms with E-state index in [4.69, 9.17) is 0 Å². The summed E-state index contributed by atoms with van der Waals surface area (Å²) in [4.78, 5) is 26.6. The lowest BCUT2D eigenvalue weighted by molar-refractivity contribution is 0.335. The van der Waals surface area contributed by atoms with E-state index in [1.807, 2.05) is 0 Å². The Kier molecular flexibility index (Phi) is 2.99. The minimum atomic E-state index is -0.250. The summed E-state index contributed by atoms with van der Waals surface area (Å²) in [6.07, 6.45) is 5.35. The lowest BCUT2D eigenvalue weighted by Crippen LogP contribution is -2.40. The van der Waals surface area contributed by atoms with Gasteiger partial charge >= 0.3 is 5.69 Å². The number of aromatic amines is 1. The van der Waals surface area contributed by atoms with Gasteiger partial charge in [0.15, 0.2) is 0 Å². The number of nitrogens with one attached hydrogen (secondary N) is 1. The Morgan fingerprint density at radius 2 is 1.75 bits per heavy atom. The molecule has 1 fully saturated rings. The van der Waals surface area contributed by atoms with Gasteiger partial charge in [0.1, 0.15) is 0 Å². The lowest BCUT2D eigenvalue weighted by Gasteiger charge is -2.23. The largest absolute Gasteiger partial charge is 0.328 e. The first kappa shape index (κ1) is 11.2. The van der Waals surface area contributed by atoms with Crippen molar-refractivity contribution in [3.63, 3.8) is 0 Å². The quantitative estimate of drug-likeness (QED) is 0.785. The first-order valence-corrected chi connectivity index (χ1v) is 5.93. The highest BCUT2D eigenvalue weighted by Gasteiger charge is 2.19. The summed E-state index contributed by atoms with van der Waals surface area (Å²) in [7, 11) is 0. The van der Waals surface area contributed by atoms with E-state index >= 15 is 0 Å². The third-order valence-electron chi connectivity index (χ3n) is 3.56. The van der Waals surface area contributed by atoms with Gasteiger partial charge in [0.2, 0.25) is 0 Å². The number of hydrogen-bond acceptors (Lipinski definition) is 2. The maximum atomic E-state index is 12.1. The third kappa shape index (κ3) is 1.84. The Balaban J connectivity index is 2.51. The molecule has 0 spiro atoms. The van der Waals surface area contributed by atoms with Crippen LogP contribution in [0, 0.1) is 13.8 Å². The van der Waals surface area contributed by atoms with Crippen LogP contribution >= 0.6 is 0 Å². The normalized spacial score (nSPS) is 17.6. The molecule has 16 heavy (non-hydrogen) atoms. The molecular weight excluding hydrogens is 204 g/mol. The van der Waals surface area contributed by atoms with Crippen molar-refractivity contribution in [3.8, 4) is 0 Å². The second kappa shape index (κ2) is 4.28. The summed E-state index contributed by atoms with van der Waals surface area (Å²) in [5.41, 5.74) is 0.973. The standard InChI is InChI=1S/C12H18N2O2/c1-8-9(2)13-12(16)14(11(8)15)10-6-4-3-5-7-10/h10H,3-7H2,1-2H3,(H,13,16). The Morgan fingerprint density at radius 3 is 2.38 bits per heavy atom. The van der Waals surface area contributed by atoms with Crippen molar-refractivity contribution >= 4 is 0 Å². The van der Waals surface area contributed by atoms with Gasteiger partial charge < -0.3 is 4.98 Å². The van der Waals surface area contributed by atoms with Crippen LogP contribution in [-0.4, -0.2) is 9.55 Å². The molecule has 2 rings (SSSR count). The molecular formula is C12H18N2O2. The van der Waals surface area contributed by atoms with Crippen molar-refractivity contribution in [2.75, 3.05) is 0 Å². The van der Waals surface area contributed by atoms with Crippen molar-refractivity contribution in [1.29, 1.82) is 0 Å². The average Bonchev–Trinajstić information content (AvgIpc) is 2.28. The van der Waals surface area contributed by atoms with E-state index in [9.17, 15) is 9.59 Å². The van der Waals surface area contributed by atoms with Gasteiger partial charge in [0.25, 0.3) is 5.56 Å². The van der Waals surface area contributed by atoms with Gasteiger partial charge in [-0.3, -0.25) is 9.36 Å². The van der Waals surface area contributed by atoms with Gasteiger partial charge in [-0.2, -0.15) is 0 Å². The van der Waals surface area contributed by atoms with Crippen LogP contribution in [0.2, 0.25) is 0 Å². The lowest BCUT2D eigenvalue weighted by atomic mass is 9.95. The molecule has 1 aromatic rings. The van der Waals surface area contributed by atoms with Crippen LogP contribution in [0.15, 0.2) is 9.59 Å². The minimum absolute atomic E-state index is 0.101. The van der Waals surface area contributed by atoms with Gasteiger partial charge in [0.05, 0.1) is 0 Å². The summed E-state index contributed by atoms with van der Waals surface area (Å²) in [5.74, 6) is 0. The smallest absolute Gasteiger partial charge is 0.311 e. The van der Waals surface area contributed by atoms with Crippen molar-refractivity contribution < 1.29 is 0 Å². The van der Waals surface area contributed by atoms with E-state index in [0.717, 1.165) is 25.7 Å². The molecule has 1 saturated carbocycles. The van der Waals surface area contributed by atoms with Gasteiger partial charge in [-0.15, -0.1) is 0 Å². The maximum absolute atomic E-state index is 12.1. The topological polar surface area (TPSA) is 54.9 Å². The van der Waals surface area contributed by atoms with Crippen molar-refractivity contribution in [2.45, 2.75) is 52.0 Å². The molecule has 4 nitrogen and oxygen atoms in total. The molecule has 1 aliphatic rings. The van der Waals surface area contributed by atoms with Gasteiger partial charge in [-0.1, -0.05) is 19.3 Å². The van der Waals surface area contributed by atoms with Gasteiger partial charge in [-0.25, -0.2) is 4.79 Å². The SMILES string of the molecule is Cc1[nH]c(=O)n(C2CCCCC2)c(=O)c1C. The fraction of sp³-hybridized carbons (Fsp3) is 0.667. The minimum Gasteiger partial charge on any atom is -0.311 e. The summed E-state index contributed by atoms with van der Waals surface area (Å²) >= 11 is 0. The molecule has 0 atom stereocenters. The molecule has 0 aliphatic heterocycles. The van der Waals surface area contributed by atoms with Crippen molar-refractivity contribution in [1.82, 2.24) is 9.55 Å². The van der Waals surface area contributed by atoms with Crippen molar-refractivity contribution in [3.05, 3.63) is 32.1 Å². The van der Waals surface area contributed by atoms with Crippen LogP contribution in [0.1, 0.15) is 49.4 Å². The van der Waals surface area contributed by atoms with Crippen LogP contribution in [0.3, 0.4) is 0 Å². The van der Waals surface area contributed by atoms with Gasteiger partial charge in [0, 0.05) is 17.3 Å². The van der Waals surface area contributed by atoms with Crippen molar-refractivity contribution in [2.24, 2.45) is 0 Å². The van der Waals surface area contributed by atoms with Crippen LogP contribution in [0.4, 0.5) is 0 Å². The summed E-state index contributed by atoms with van der Waals surface area (Å²) in [5, 5.41) is 0. The summed E-state index contributed by atoms with van der Waals surface area (Å²) in [6.45, 7) is 3.54. The maximum Gasteiger partial charge on any atom is 0.328 e. The highest BCUT2D eigenvalue weighted by molar-refractivity contribution is 5.13. The Bertz CT molecular complexity index is 493. The predicted molar refractivity (Wildman–Crippen MR) is 62.9 cm³/mol.